The number of ether oxygens (including phenoxy) is 1. The Morgan fingerprint density at radius 2 is 2.00 bits per heavy atom. The Kier molecular flexibility index (Phi) is 4.25. The number of hydrogen-bond acceptors (Lipinski definition) is 4. The highest BCUT2D eigenvalue weighted by Crippen LogP contribution is 2.37. The third kappa shape index (κ3) is 3.09. The Hall–Kier alpha value is -2.82. The fourth-order valence-electron chi connectivity index (χ4n) is 3.21. The van der Waals surface area contributed by atoms with Crippen LogP contribution in [0.3, 0.4) is 0 Å². The van der Waals surface area contributed by atoms with E-state index in [1.807, 2.05) is 13.0 Å². The molecule has 1 N–H and O–H groups in total. The monoisotopic (exact) mass is 340 g/mol. The number of carboxylic acids is 1. The minimum Gasteiger partial charge on any atom is -0.478 e. The minimum atomic E-state index is -1.05. The van der Waals surface area contributed by atoms with E-state index >= 15 is 0 Å². The molecule has 0 spiro atoms. The molecular formula is C20H20O5. The van der Waals surface area contributed by atoms with Crippen LogP contribution in [0.25, 0.3) is 0 Å². The lowest BCUT2D eigenvalue weighted by Gasteiger charge is -2.20. The molecule has 25 heavy (non-hydrogen) atoms. The van der Waals surface area contributed by atoms with E-state index in [0.29, 0.717) is 23.5 Å². The molecule has 2 aliphatic heterocycles. The van der Waals surface area contributed by atoms with Gasteiger partial charge in [-0.2, -0.15) is 0 Å². The topological polar surface area (TPSA) is 76.7 Å². The van der Waals surface area contributed by atoms with Gasteiger partial charge in [0.25, 0.3) is 0 Å². The van der Waals surface area contributed by atoms with E-state index < -0.39 is 24.0 Å². The fourth-order valence-corrected chi connectivity index (χ4v) is 3.21. The van der Waals surface area contributed by atoms with Crippen molar-refractivity contribution in [2.45, 2.75) is 32.3 Å². The molecule has 0 saturated heterocycles. The number of rotatable bonds is 3. The molecule has 130 valence electrons. The Balaban J connectivity index is 2.19. The summed E-state index contributed by atoms with van der Waals surface area (Å²) >= 11 is 0. The van der Waals surface area contributed by atoms with Crippen LogP contribution in [0.1, 0.15) is 41.6 Å². The molecule has 5 heteroatoms. The molecule has 1 aromatic heterocycles. The highest BCUT2D eigenvalue weighted by Gasteiger charge is 2.36. The Morgan fingerprint density at radius 3 is 2.60 bits per heavy atom. The first kappa shape index (κ1) is 17.0. The van der Waals surface area contributed by atoms with Crippen molar-refractivity contribution in [3.8, 4) is 0 Å². The van der Waals surface area contributed by atoms with Crippen molar-refractivity contribution in [2.24, 2.45) is 5.92 Å². The first-order chi connectivity index (χ1) is 11.8. The maximum Gasteiger partial charge on any atom is 0.339 e. The van der Waals surface area contributed by atoms with E-state index in [-0.39, 0.29) is 11.5 Å². The molecule has 0 aliphatic carbocycles. The van der Waals surface area contributed by atoms with Gasteiger partial charge in [-0.3, -0.25) is 0 Å². The Labute approximate surface area is 146 Å². The summed E-state index contributed by atoms with van der Waals surface area (Å²) in [5.74, 6) is -1.20. The highest BCUT2D eigenvalue weighted by atomic mass is 16.5. The summed E-state index contributed by atoms with van der Waals surface area (Å²) in [6, 6.07) is 1.51. The van der Waals surface area contributed by atoms with E-state index in [4.69, 9.17) is 9.15 Å². The first-order valence-electron chi connectivity index (χ1n) is 8.05. The van der Waals surface area contributed by atoms with Crippen LogP contribution in [0.2, 0.25) is 0 Å². The van der Waals surface area contributed by atoms with Crippen LogP contribution in [-0.4, -0.2) is 23.1 Å². The van der Waals surface area contributed by atoms with Crippen molar-refractivity contribution >= 4 is 11.9 Å². The van der Waals surface area contributed by atoms with Crippen LogP contribution >= 0.6 is 0 Å². The van der Waals surface area contributed by atoms with E-state index in [2.05, 4.69) is 13.2 Å². The molecule has 3 atom stereocenters. The zero-order valence-corrected chi connectivity index (χ0v) is 14.2. The SMILES string of the molecule is C=C(C)C1C=CC2=CC(OC2=O)C(C(=C)C)c2cc(C(=O)O)c(o2)C1. The second-order valence-electron chi connectivity index (χ2n) is 6.62. The number of fused-ring (bicyclic) bond motifs is 3. The van der Waals surface area contributed by atoms with Crippen LogP contribution < -0.4 is 0 Å². The minimum absolute atomic E-state index is 0.120. The summed E-state index contributed by atoms with van der Waals surface area (Å²) in [5, 5.41) is 9.52. The predicted octanol–water partition coefficient (Wildman–Crippen LogP) is 3.79. The van der Waals surface area contributed by atoms with Gasteiger partial charge in [-0.1, -0.05) is 36.5 Å². The van der Waals surface area contributed by atoms with Crippen molar-refractivity contribution < 1.29 is 23.8 Å². The van der Waals surface area contributed by atoms with Gasteiger partial charge in [-0.25, -0.2) is 9.59 Å². The first-order valence-corrected chi connectivity index (χ1v) is 8.05. The lowest BCUT2D eigenvalue weighted by atomic mass is 9.90. The number of carboxylic acid groups (broad SMARTS) is 1. The second-order valence-corrected chi connectivity index (χ2v) is 6.62. The zero-order chi connectivity index (χ0) is 18.3. The maximum absolute atomic E-state index is 12.1. The standard InChI is InChI=1S/C20H20O5/c1-10(2)12-5-6-13-8-16(25-20(13)23)18(11(3)4)17-9-14(19(21)22)15(7-12)24-17/h5-6,8-9,12,16,18H,1,3,7H2,2,4H3,(H,21,22). The van der Waals surface area contributed by atoms with E-state index in [1.165, 1.54) is 6.07 Å². The molecule has 3 rings (SSSR count). The third-order valence-corrected chi connectivity index (χ3v) is 4.59. The molecule has 4 bridgehead atoms. The Bertz CT molecular complexity index is 836. The number of allylic oxidation sites excluding steroid dienone is 2. The third-order valence-electron chi connectivity index (χ3n) is 4.59. The Morgan fingerprint density at radius 1 is 1.28 bits per heavy atom. The number of aromatic carboxylic acids is 1. The summed E-state index contributed by atoms with van der Waals surface area (Å²) in [5.41, 5.74) is 2.18. The lowest BCUT2D eigenvalue weighted by molar-refractivity contribution is -0.139. The van der Waals surface area contributed by atoms with Gasteiger partial charge < -0.3 is 14.3 Å². The van der Waals surface area contributed by atoms with E-state index in [9.17, 15) is 14.7 Å². The molecule has 0 amide bonds. The van der Waals surface area contributed by atoms with Crippen molar-refractivity contribution in [1.82, 2.24) is 0 Å². The van der Waals surface area contributed by atoms with Crippen LogP contribution in [0.15, 0.2) is 58.6 Å². The molecule has 0 aromatic carbocycles. The van der Waals surface area contributed by atoms with E-state index in [0.717, 1.165) is 11.1 Å². The predicted molar refractivity (Wildman–Crippen MR) is 92.3 cm³/mol. The lowest BCUT2D eigenvalue weighted by Crippen LogP contribution is -2.19. The average molecular weight is 340 g/mol. The zero-order valence-electron chi connectivity index (χ0n) is 14.2. The fraction of sp³-hybridized carbons (Fsp3) is 0.300. The quantitative estimate of drug-likeness (QED) is 0.669. The molecule has 5 nitrogen and oxygen atoms in total. The molecule has 3 heterocycles. The van der Waals surface area contributed by atoms with Crippen LogP contribution in [0, 0.1) is 5.92 Å². The largest absolute Gasteiger partial charge is 0.478 e. The smallest absolute Gasteiger partial charge is 0.339 e. The molecule has 0 radical (unpaired) electrons. The number of carbonyl (C=O) groups is 2. The van der Waals surface area contributed by atoms with Crippen LogP contribution in [0.5, 0.6) is 0 Å². The van der Waals surface area contributed by atoms with Gasteiger partial charge in [0.2, 0.25) is 0 Å². The van der Waals surface area contributed by atoms with Crippen molar-refractivity contribution in [3.63, 3.8) is 0 Å². The van der Waals surface area contributed by atoms with E-state index in [1.54, 1.807) is 19.1 Å². The van der Waals surface area contributed by atoms with Gasteiger partial charge in [-0.15, -0.1) is 0 Å². The summed E-state index contributed by atoms with van der Waals surface area (Å²) in [6.07, 6.45) is 5.09. The van der Waals surface area contributed by atoms with Crippen molar-refractivity contribution in [3.05, 3.63) is 71.3 Å². The van der Waals surface area contributed by atoms with Gasteiger partial charge in [-0.05, 0) is 26.0 Å². The second kappa shape index (κ2) is 6.24. The molecular weight excluding hydrogens is 320 g/mol. The molecule has 0 saturated carbocycles. The number of furan rings is 1. The summed E-state index contributed by atoms with van der Waals surface area (Å²) in [7, 11) is 0. The molecule has 0 fully saturated rings. The van der Waals surface area contributed by atoms with Crippen LogP contribution in [-0.2, 0) is 16.0 Å². The molecule has 1 aromatic rings. The van der Waals surface area contributed by atoms with Gasteiger partial charge in [0.15, 0.2) is 0 Å². The van der Waals surface area contributed by atoms with Gasteiger partial charge in [0.05, 0.1) is 11.5 Å². The number of carbonyl (C=O) groups excluding carboxylic acids is 1. The van der Waals surface area contributed by atoms with Gasteiger partial charge in [0.1, 0.15) is 23.2 Å². The number of esters is 1. The average Bonchev–Trinajstić information content (AvgIpc) is 3.05. The molecule has 2 aliphatic rings. The maximum atomic E-state index is 12.1. The number of hydrogen-bond donors (Lipinski definition) is 1. The summed E-state index contributed by atoms with van der Waals surface area (Å²) in [6.45, 7) is 11.6. The highest BCUT2D eigenvalue weighted by molar-refractivity contribution is 5.94. The van der Waals surface area contributed by atoms with Crippen molar-refractivity contribution in [1.29, 1.82) is 0 Å². The van der Waals surface area contributed by atoms with Gasteiger partial charge in [0, 0.05) is 12.3 Å². The van der Waals surface area contributed by atoms with Crippen LogP contribution in [0.4, 0.5) is 0 Å². The summed E-state index contributed by atoms with van der Waals surface area (Å²) < 4.78 is 11.4. The molecule has 3 unspecified atom stereocenters. The summed E-state index contributed by atoms with van der Waals surface area (Å²) in [4.78, 5) is 23.8. The van der Waals surface area contributed by atoms with Crippen molar-refractivity contribution in [2.75, 3.05) is 0 Å². The normalized spacial score (nSPS) is 25.0. The van der Waals surface area contributed by atoms with Gasteiger partial charge >= 0.3 is 11.9 Å².